The van der Waals surface area contributed by atoms with E-state index in [0.717, 1.165) is 16.0 Å². The fourth-order valence-electron chi connectivity index (χ4n) is 1.23. The molecule has 0 atom stereocenters. The zero-order valence-corrected chi connectivity index (χ0v) is 8.19. The molecule has 0 saturated carbocycles. The van der Waals surface area contributed by atoms with Crippen LogP contribution in [0, 0.1) is 6.92 Å². The molecule has 64 valence electrons. The monoisotopic (exact) mass is 180 g/mol. The van der Waals surface area contributed by atoms with E-state index in [4.69, 9.17) is 0 Å². The molecule has 1 rings (SSSR count). The summed E-state index contributed by atoms with van der Waals surface area (Å²) >= 11 is 4.23. The summed E-state index contributed by atoms with van der Waals surface area (Å²) in [5, 5.41) is 0. The number of carbonyl (C=O) groups excluding carboxylic acids is 1. The minimum Gasteiger partial charge on any atom is -0.300 e. The molecule has 0 N–H and O–H groups in total. The molecule has 1 aromatic carbocycles. The van der Waals surface area contributed by atoms with E-state index in [1.54, 1.807) is 6.92 Å². The van der Waals surface area contributed by atoms with E-state index < -0.39 is 0 Å². The first-order valence-electron chi connectivity index (χ1n) is 3.87. The van der Waals surface area contributed by atoms with Crippen LogP contribution in [0.5, 0.6) is 0 Å². The van der Waals surface area contributed by atoms with Crippen molar-refractivity contribution in [2.75, 3.05) is 0 Å². The Bertz CT molecular complexity index is 284. The van der Waals surface area contributed by atoms with Gasteiger partial charge in [-0.3, -0.25) is 4.79 Å². The normalized spacial score (nSPS) is 9.92. The second-order valence-corrected chi connectivity index (χ2v) is 3.57. The number of ketones is 1. The van der Waals surface area contributed by atoms with Crippen LogP contribution >= 0.6 is 12.6 Å². The van der Waals surface area contributed by atoms with Gasteiger partial charge < -0.3 is 0 Å². The number of benzene rings is 1. The van der Waals surface area contributed by atoms with Crippen molar-refractivity contribution in [1.29, 1.82) is 0 Å². The van der Waals surface area contributed by atoms with E-state index in [1.807, 2.05) is 25.1 Å². The summed E-state index contributed by atoms with van der Waals surface area (Å²) in [6.45, 7) is 3.60. The predicted octanol–water partition coefficient (Wildman–Crippen LogP) is 2.42. The SMILES string of the molecule is CC(=O)Cc1cc(C)cc(S)c1. The molecule has 0 spiro atoms. The first kappa shape index (κ1) is 9.33. The van der Waals surface area contributed by atoms with Crippen molar-refractivity contribution in [2.24, 2.45) is 0 Å². The zero-order valence-electron chi connectivity index (χ0n) is 7.29. The Balaban J connectivity index is 2.93. The van der Waals surface area contributed by atoms with E-state index in [2.05, 4.69) is 12.6 Å². The van der Waals surface area contributed by atoms with Crippen molar-refractivity contribution in [3.8, 4) is 0 Å². The third-order valence-corrected chi connectivity index (χ3v) is 1.83. The van der Waals surface area contributed by atoms with Gasteiger partial charge in [-0.05, 0) is 37.1 Å². The molecule has 2 heteroatoms. The van der Waals surface area contributed by atoms with E-state index in [-0.39, 0.29) is 5.78 Å². The first-order valence-corrected chi connectivity index (χ1v) is 4.31. The summed E-state index contributed by atoms with van der Waals surface area (Å²) in [6.07, 6.45) is 0.509. The summed E-state index contributed by atoms with van der Waals surface area (Å²) in [4.78, 5) is 11.7. The van der Waals surface area contributed by atoms with Crippen molar-refractivity contribution in [2.45, 2.75) is 25.2 Å². The molecule has 0 aliphatic heterocycles. The lowest BCUT2D eigenvalue weighted by molar-refractivity contribution is -0.116. The predicted molar refractivity (Wildman–Crippen MR) is 52.8 cm³/mol. The van der Waals surface area contributed by atoms with Crippen LogP contribution in [0.3, 0.4) is 0 Å². The average Bonchev–Trinajstić information content (AvgIpc) is 1.81. The van der Waals surface area contributed by atoms with E-state index in [1.165, 1.54) is 0 Å². The van der Waals surface area contributed by atoms with Crippen LogP contribution in [-0.4, -0.2) is 5.78 Å². The summed E-state index contributed by atoms with van der Waals surface area (Å²) in [5.74, 6) is 0.188. The summed E-state index contributed by atoms with van der Waals surface area (Å²) in [7, 11) is 0. The van der Waals surface area contributed by atoms with Crippen LogP contribution in [-0.2, 0) is 11.2 Å². The van der Waals surface area contributed by atoms with Crippen molar-refractivity contribution in [3.63, 3.8) is 0 Å². The Hall–Kier alpha value is -0.760. The molecule has 1 nitrogen and oxygen atoms in total. The molecule has 0 saturated heterocycles. The van der Waals surface area contributed by atoms with Gasteiger partial charge in [0.05, 0.1) is 0 Å². The quantitative estimate of drug-likeness (QED) is 0.692. The molecule has 0 aliphatic carbocycles. The molecular formula is C10H12OS. The number of aryl methyl sites for hydroxylation is 1. The highest BCUT2D eigenvalue weighted by atomic mass is 32.1. The number of thiol groups is 1. The van der Waals surface area contributed by atoms with Gasteiger partial charge in [0.15, 0.2) is 0 Å². The van der Waals surface area contributed by atoms with Crippen LogP contribution in [0.2, 0.25) is 0 Å². The minimum atomic E-state index is 0.188. The number of hydrogen-bond donors (Lipinski definition) is 1. The Labute approximate surface area is 78.2 Å². The minimum absolute atomic E-state index is 0.188. The van der Waals surface area contributed by atoms with Crippen molar-refractivity contribution in [1.82, 2.24) is 0 Å². The molecule has 0 fully saturated rings. The Morgan fingerprint density at radius 2 is 2.08 bits per heavy atom. The maximum Gasteiger partial charge on any atom is 0.134 e. The zero-order chi connectivity index (χ0) is 9.14. The molecule has 0 unspecified atom stereocenters. The summed E-state index contributed by atoms with van der Waals surface area (Å²) < 4.78 is 0. The van der Waals surface area contributed by atoms with Gasteiger partial charge in [-0.15, -0.1) is 12.6 Å². The highest BCUT2D eigenvalue weighted by molar-refractivity contribution is 7.80. The van der Waals surface area contributed by atoms with Crippen molar-refractivity contribution < 1.29 is 4.79 Å². The Kier molecular flexibility index (Phi) is 2.93. The molecule has 0 aromatic heterocycles. The highest BCUT2D eigenvalue weighted by Gasteiger charge is 1.98. The Morgan fingerprint density at radius 3 is 2.58 bits per heavy atom. The van der Waals surface area contributed by atoms with E-state index in [0.29, 0.717) is 6.42 Å². The maximum absolute atomic E-state index is 10.8. The van der Waals surface area contributed by atoms with Gasteiger partial charge in [0.1, 0.15) is 5.78 Å². The molecule has 12 heavy (non-hydrogen) atoms. The molecule has 0 aliphatic rings. The van der Waals surface area contributed by atoms with Crippen molar-refractivity contribution in [3.05, 3.63) is 29.3 Å². The van der Waals surface area contributed by atoms with E-state index >= 15 is 0 Å². The van der Waals surface area contributed by atoms with Gasteiger partial charge in [0.2, 0.25) is 0 Å². The number of hydrogen-bond acceptors (Lipinski definition) is 2. The third kappa shape index (κ3) is 2.70. The van der Waals surface area contributed by atoms with E-state index in [9.17, 15) is 4.79 Å². The highest BCUT2D eigenvalue weighted by Crippen LogP contribution is 2.13. The van der Waals surface area contributed by atoms with Gasteiger partial charge >= 0.3 is 0 Å². The van der Waals surface area contributed by atoms with Crippen LogP contribution in [0.25, 0.3) is 0 Å². The topological polar surface area (TPSA) is 17.1 Å². The molecular weight excluding hydrogens is 168 g/mol. The molecule has 0 radical (unpaired) electrons. The molecule has 0 bridgehead atoms. The maximum atomic E-state index is 10.8. The molecule has 1 aromatic rings. The first-order chi connectivity index (χ1) is 5.58. The standard InChI is InChI=1S/C10H12OS/c1-7-3-9(5-8(2)11)6-10(12)4-7/h3-4,6,12H,5H2,1-2H3. The van der Waals surface area contributed by atoms with Crippen molar-refractivity contribution >= 4 is 18.4 Å². The van der Waals surface area contributed by atoms with Crippen LogP contribution in [0.4, 0.5) is 0 Å². The lowest BCUT2D eigenvalue weighted by atomic mass is 10.1. The molecule has 0 amide bonds. The summed E-state index contributed by atoms with van der Waals surface area (Å²) in [5.41, 5.74) is 2.20. The van der Waals surface area contributed by atoms with Crippen LogP contribution < -0.4 is 0 Å². The Morgan fingerprint density at radius 1 is 1.42 bits per heavy atom. The second kappa shape index (κ2) is 3.76. The number of Topliss-reactive ketones (excluding diaryl/α,β-unsaturated/α-hetero) is 1. The smallest absolute Gasteiger partial charge is 0.134 e. The van der Waals surface area contributed by atoms with Gasteiger partial charge in [-0.2, -0.15) is 0 Å². The summed E-state index contributed by atoms with van der Waals surface area (Å²) in [6, 6.07) is 5.92. The van der Waals surface area contributed by atoms with Gasteiger partial charge in [-0.1, -0.05) is 6.07 Å². The number of carbonyl (C=O) groups is 1. The average molecular weight is 180 g/mol. The van der Waals surface area contributed by atoms with Gasteiger partial charge in [-0.25, -0.2) is 0 Å². The fraction of sp³-hybridized carbons (Fsp3) is 0.300. The third-order valence-electron chi connectivity index (χ3n) is 1.57. The fourth-order valence-corrected chi connectivity index (χ4v) is 1.60. The van der Waals surface area contributed by atoms with Gasteiger partial charge in [0.25, 0.3) is 0 Å². The largest absolute Gasteiger partial charge is 0.300 e. The van der Waals surface area contributed by atoms with Crippen LogP contribution in [0.15, 0.2) is 23.1 Å². The lowest BCUT2D eigenvalue weighted by Crippen LogP contribution is -1.96. The lowest BCUT2D eigenvalue weighted by Gasteiger charge is -2.01. The molecule has 0 heterocycles. The van der Waals surface area contributed by atoms with Gasteiger partial charge in [0, 0.05) is 11.3 Å². The number of rotatable bonds is 2. The van der Waals surface area contributed by atoms with Crippen LogP contribution in [0.1, 0.15) is 18.1 Å². The second-order valence-electron chi connectivity index (χ2n) is 3.06.